The number of rotatable bonds is 9. The zero-order valence-electron chi connectivity index (χ0n) is 17.8. The fourth-order valence-corrected chi connectivity index (χ4v) is 3.88. The molecule has 0 aliphatic rings. The Morgan fingerprint density at radius 2 is 1.87 bits per heavy atom. The van der Waals surface area contributed by atoms with Crippen molar-refractivity contribution in [3.8, 4) is 0 Å². The molecule has 30 heavy (non-hydrogen) atoms. The number of fused-ring (bicyclic) bond motifs is 1. The highest BCUT2D eigenvalue weighted by molar-refractivity contribution is 6.30. The van der Waals surface area contributed by atoms with Crippen LogP contribution in [0.3, 0.4) is 0 Å². The zero-order chi connectivity index (χ0) is 21.7. The smallest absolute Gasteiger partial charge is 0.255 e. The van der Waals surface area contributed by atoms with Crippen LogP contribution in [0.1, 0.15) is 48.4 Å². The van der Waals surface area contributed by atoms with Crippen molar-refractivity contribution in [3.63, 3.8) is 0 Å². The third kappa shape index (κ3) is 5.04. The lowest BCUT2D eigenvalue weighted by Gasteiger charge is -2.19. The summed E-state index contributed by atoms with van der Waals surface area (Å²) in [5, 5.41) is 15.5. The summed E-state index contributed by atoms with van der Waals surface area (Å²) in [6.45, 7) is 7.92. The lowest BCUT2D eigenvalue weighted by molar-refractivity contribution is 0.0775. The second-order valence-corrected chi connectivity index (χ2v) is 8.04. The molecular weight excluding hydrogens is 398 g/mol. The number of hydrogen-bond acceptors (Lipinski definition) is 3. The highest BCUT2D eigenvalue weighted by atomic mass is 35.5. The summed E-state index contributed by atoms with van der Waals surface area (Å²) in [5.74, 6) is 0.0521. The molecule has 0 aliphatic heterocycles. The van der Waals surface area contributed by atoms with E-state index >= 15 is 0 Å². The molecule has 160 valence electrons. The number of carbonyl (C=O) groups is 1. The lowest BCUT2D eigenvalue weighted by atomic mass is 10.0. The van der Waals surface area contributed by atoms with E-state index in [9.17, 15) is 9.90 Å². The van der Waals surface area contributed by atoms with E-state index in [-0.39, 0.29) is 11.9 Å². The van der Waals surface area contributed by atoms with Gasteiger partial charge in [-0.3, -0.25) is 4.79 Å². The van der Waals surface area contributed by atoms with Crippen LogP contribution in [0.2, 0.25) is 5.02 Å². The standard InChI is InChI=1S/C24H30ClN3O2/c1-4-28(5-2)24(30)21-8-6-7-20-18(14-27-23(20)21)13-16(3)26-15-22(29)17-9-11-19(25)12-10-17/h6-12,14,16,22,26-27,29H,4-5,13,15H2,1-3H3/t16-,22-/m1/s1. The Morgan fingerprint density at radius 1 is 1.17 bits per heavy atom. The van der Waals surface area contributed by atoms with E-state index < -0.39 is 6.10 Å². The first-order valence-electron chi connectivity index (χ1n) is 10.5. The number of H-pyrrole nitrogens is 1. The monoisotopic (exact) mass is 427 g/mol. The number of aromatic amines is 1. The summed E-state index contributed by atoms with van der Waals surface area (Å²) in [6.07, 6.45) is 2.18. The van der Waals surface area contributed by atoms with Crippen LogP contribution in [-0.4, -0.2) is 46.6 Å². The lowest BCUT2D eigenvalue weighted by Crippen LogP contribution is -2.32. The molecule has 1 aromatic heterocycles. The maximum Gasteiger partial charge on any atom is 0.255 e. The fraction of sp³-hybridized carbons (Fsp3) is 0.375. The summed E-state index contributed by atoms with van der Waals surface area (Å²) >= 11 is 5.91. The van der Waals surface area contributed by atoms with Gasteiger partial charge in [-0.1, -0.05) is 35.9 Å². The average molecular weight is 428 g/mol. The second-order valence-electron chi connectivity index (χ2n) is 7.60. The molecule has 0 radical (unpaired) electrons. The van der Waals surface area contributed by atoms with Crippen LogP contribution >= 0.6 is 11.6 Å². The zero-order valence-corrected chi connectivity index (χ0v) is 18.5. The van der Waals surface area contributed by atoms with Crippen LogP contribution < -0.4 is 5.32 Å². The van der Waals surface area contributed by atoms with Crippen molar-refractivity contribution in [2.45, 2.75) is 39.3 Å². The molecule has 0 fully saturated rings. The van der Waals surface area contributed by atoms with Gasteiger partial charge in [-0.05, 0) is 56.5 Å². The topological polar surface area (TPSA) is 68.4 Å². The number of aliphatic hydroxyl groups excluding tert-OH is 1. The molecule has 1 amide bonds. The number of para-hydroxylation sites is 1. The van der Waals surface area contributed by atoms with E-state index in [2.05, 4.69) is 23.3 Å². The molecule has 0 bridgehead atoms. The molecule has 0 saturated carbocycles. The third-order valence-electron chi connectivity index (χ3n) is 5.52. The van der Waals surface area contributed by atoms with E-state index in [1.54, 1.807) is 12.1 Å². The van der Waals surface area contributed by atoms with Gasteiger partial charge in [0, 0.05) is 42.3 Å². The fourth-order valence-electron chi connectivity index (χ4n) is 3.76. The van der Waals surface area contributed by atoms with Gasteiger partial charge in [-0.15, -0.1) is 0 Å². The SMILES string of the molecule is CCN(CC)C(=O)c1cccc2c(C[C@@H](C)NC[C@@H](O)c3ccc(Cl)cc3)c[nH]c12. The van der Waals surface area contributed by atoms with E-state index in [1.807, 2.05) is 49.2 Å². The Hall–Kier alpha value is -2.34. The van der Waals surface area contributed by atoms with Gasteiger partial charge >= 0.3 is 0 Å². The Bertz CT molecular complexity index is 980. The number of benzene rings is 2. The van der Waals surface area contributed by atoms with Gasteiger partial charge < -0.3 is 20.3 Å². The van der Waals surface area contributed by atoms with Crippen molar-refractivity contribution < 1.29 is 9.90 Å². The number of carbonyl (C=O) groups excluding carboxylic acids is 1. The molecule has 1 heterocycles. The van der Waals surface area contributed by atoms with E-state index in [0.717, 1.165) is 28.5 Å². The van der Waals surface area contributed by atoms with Gasteiger partial charge in [0.15, 0.2) is 0 Å². The van der Waals surface area contributed by atoms with Gasteiger partial charge in [0.05, 0.1) is 17.2 Å². The number of amides is 1. The van der Waals surface area contributed by atoms with Crippen molar-refractivity contribution in [2.75, 3.05) is 19.6 Å². The Balaban J connectivity index is 1.68. The average Bonchev–Trinajstić information content (AvgIpc) is 3.16. The van der Waals surface area contributed by atoms with Gasteiger partial charge in [0.1, 0.15) is 0 Å². The molecule has 0 unspecified atom stereocenters. The largest absolute Gasteiger partial charge is 0.387 e. The normalized spacial score (nSPS) is 13.4. The highest BCUT2D eigenvalue weighted by Gasteiger charge is 2.18. The Labute approximate surface area is 183 Å². The van der Waals surface area contributed by atoms with Crippen molar-refractivity contribution >= 4 is 28.4 Å². The van der Waals surface area contributed by atoms with Gasteiger partial charge in [-0.25, -0.2) is 0 Å². The molecule has 5 nitrogen and oxygen atoms in total. The molecule has 0 saturated heterocycles. The van der Waals surface area contributed by atoms with Crippen LogP contribution in [0.15, 0.2) is 48.7 Å². The predicted octanol–water partition coefficient (Wildman–Crippen LogP) is 4.56. The number of nitrogens with one attached hydrogen (secondary N) is 2. The number of hydrogen-bond donors (Lipinski definition) is 3. The number of nitrogens with zero attached hydrogens (tertiary/aromatic N) is 1. The maximum absolute atomic E-state index is 12.8. The van der Waals surface area contributed by atoms with Gasteiger partial charge in [0.25, 0.3) is 5.91 Å². The van der Waals surface area contributed by atoms with Crippen LogP contribution in [0.25, 0.3) is 10.9 Å². The van der Waals surface area contributed by atoms with Crippen LogP contribution in [-0.2, 0) is 6.42 Å². The van der Waals surface area contributed by atoms with E-state index in [1.165, 1.54) is 0 Å². The minimum atomic E-state index is -0.592. The molecule has 0 aliphatic carbocycles. The van der Waals surface area contributed by atoms with Crippen molar-refractivity contribution in [3.05, 3.63) is 70.4 Å². The van der Waals surface area contributed by atoms with Crippen LogP contribution in [0.5, 0.6) is 0 Å². The molecule has 3 rings (SSSR count). The molecule has 3 N–H and O–H groups in total. The van der Waals surface area contributed by atoms with Crippen molar-refractivity contribution in [1.29, 1.82) is 0 Å². The van der Waals surface area contributed by atoms with Crippen LogP contribution in [0, 0.1) is 0 Å². The second kappa shape index (κ2) is 10.1. The number of halogens is 1. The first-order chi connectivity index (χ1) is 14.4. The molecular formula is C24H30ClN3O2. The predicted molar refractivity (Wildman–Crippen MR) is 123 cm³/mol. The molecule has 6 heteroatoms. The highest BCUT2D eigenvalue weighted by Crippen LogP contribution is 2.24. The molecule has 2 atom stereocenters. The summed E-state index contributed by atoms with van der Waals surface area (Å²) in [5.41, 5.74) is 3.59. The summed E-state index contributed by atoms with van der Waals surface area (Å²) in [7, 11) is 0. The summed E-state index contributed by atoms with van der Waals surface area (Å²) in [6, 6.07) is 13.3. The van der Waals surface area contributed by atoms with E-state index in [4.69, 9.17) is 11.6 Å². The Morgan fingerprint density at radius 3 is 2.53 bits per heavy atom. The summed E-state index contributed by atoms with van der Waals surface area (Å²) in [4.78, 5) is 18.0. The Kier molecular flexibility index (Phi) is 7.53. The molecule has 3 aromatic rings. The first-order valence-corrected chi connectivity index (χ1v) is 10.9. The quantitative estimate of drug-likeness (QED) is 0.469. The molecule has 2 aromatic carbocycles. The number of aliphatic hydroxyl groups is 1. The number of aromatic nitrogens is 1. The molecule has 0 spiro atoms. The van der Waals surface area contributed by atoms with Gasteiger partial charge in [-0.2, -0.15) is 0 Å². The van der Waals surface area contributed by atoms with E-state index in [0.29, 0.717) is 30.2 Å². The third-order valence-corrected chi connectivity index (χ3v) is 5.77. The maximum atomic E-state index is 12.8. The van der Waals surface area contributed by atoms with Gasteiger partial charge in [0.2, 0.25) is 0 Å². The van der Waals surface area contributed by atoms with Crippen molar-refractivity contribution in [2.24, 2.45) is 0 Å². The minimum absolute atomic E-state index is 0.0521. The van der Waals surface area contributed by atoms with Crippen molar-refractivity contribution in [1.82, 2.24) is 15.2 Å². The van der Waals surface area contributed by atoms with Crippen LogP contribution in [0.4, 0.5) is 0 Å². The summed E-state index contributed by atoms with van der Waals surface area (Å²) < 4.78 is 0. The first kappa shape index (κ1) is 22.3. The minimum Gasteiger partial charge on any atom is -0.387 e.